The fourth-order valence-corrected chi connectivity index (χ4v) is 7.82. The molecule has 2 N–H and O–H groups in total. The maximum Gasteiger partial charge on any atom is 0.416 e. The molecule has 0 aliphatic carbocycles. The Morgan fingerprint density at radius 1 is 1.00 bits per heavy atom. The van der Waals surface area contributed by atoms with Crippen LogP contribution < -0.4 is 24.6 Å². The molecule has 3 aromatic carbocycles. The van der Waals surface area contributed by atoms with Crippen molar-refractivity contribution in [2.24, 2.45) is 5.92 Å². The molecule has 0 spiro atoms. The Morgan fingerprint density at radius 3 is 2.48 bits per heavy atom. The number of thiazole rings is 1. The molecule has 0 saturated carbocycles. The van der Waals surface area contributed by atoms with E-state index in [2.05, 4.69) is 10.3 Å². The van der Waals surface area contributed by atoms with E-state index in [1.165, 1.54) is 13.2 Å². The highest BCUT2D eigenvalue weighted by atomic mass is 32.2. The number of amides is 3. The van der Waals surface area contributed by atoms with Crippen molar-refractivity contribution in [3.63, 3.8) is 0 Å². The monoisotopic (exact) mass is 641 g/mol. The van der Waals surface area contributed by atoms with Gasteiger partial charge in [0, 0.05) is 22.0 Å². The highest BCUT2D eigenvalue weighted by Gasteiger charge is 2.57. The maximum absolute atomic E-state index is 14.0. The van der Waals surface area contributed by atoms with Crippen LogP contribution >= 0.6 is 23.1 Å². The molecule has 3 heterocycles. The van der Waals surface area contributed by atoms with Crippen molar-refractivity contribution in [2.45, 2.75) is 22.4 Å². The van der Waals surface area contributed by atoms with Crippen molar-refractivity contribution in [2.75, 3.05) is 23.9 Å². The first-order chi connectivity index (χ1) is 21.0. The number of rotatable bonds is 7. The van der Waals surface area contributed by atoms with Crippen LogP contribution in [0.3, 0.4) is 0 Å². The average molecular weight is 642 g/mol. The van der Waals surface area contributed by atoms with Gasteiger partial charge < -0.3 is 19.8 Å². The number of anilines is 2. The van der Waals surface area contributed by atoms with Gasteiger partial charge in [-0.2, -0.15) is 13.2 Å². The van der Waals surface area contributed by atoms with Crippen molar-refractivity contribution < 1.29 is 37.0 Å². The zero-order chi connectivity index (χ0) is 31.2. The van der Waals surface area contributed by atoms with Crippen LogP contribution in [0, 0.1) is 5.92 Å². The van der Waals surface area contributed by atoms with Crippen molar-refractivity contribution in [3.05, 3.63) is 98.5 Å². The number of halogens is 3. The number of carbonyl (C=O) groups excluding carboxylic acids is 3. The Hall–Kier alpha value is -4.56. The van der Waals surface area contributed by atoms with Gasteiger partial charge in [0.1, 0.15) is 16.7 Å². The third kappa shape index (κ3) is 5.46. The fourth-order valence-electron chi connectivity index (χ4n) is 5.31. The third-order valence-corrected chi connectivity index (χ3v) is 9.64. The summed E-state index contributed by atoms with van der Waals surface area (Å²) >= 11 is 1.88. The number of alkyl halides is 3. The van der Waals surface area contributed by atoms with Crippen LogP contribution in [0.25, 0.3) is 0 Å². The Bertz CT molecular complexity index is 1820. The minimum atomic E-state index is -4.68. The summed E-state index contributed by atoms with van der Waals surface area (Å²) in [5.41, 5.74) is -0.222. The van der Waals surface area contributed by atoms with Crippen LogP contribution in [0.15, 0.2) is 82.6 Å². The number of methoxy groups -OCH3 is 1. The molecule has 3 amide bonds. The number of H-pyrrole nitrogens is 1. The number of nitrogens with one attached hydrogen (secondary N) is 2. The molecule has 0 bridgehead atoms. The molecule has 2 aliphatic heterocycles. The molecule has 2 aliphatic rings. The number of hydrogen-bond acceptors (Lipinski definition) is 8. The first kappa shape index (κ1) is 29.5. The van der Waals surface area contributed by atoms with Crippen molar-refractivity contribution in [1.29, 1.82) is 0 Å². The number of para-hydroxylation sites is 1. The van der Waals surface area contributed by atoms with E-state index >= 15 is 0 Å². The number of imide groups is 1. The van der Waals surface area contributed by atoms with Crippen molar-refractivity contribution in [3.8, 4) is 11.5 Å². The topological polar surface area (TPSA) is 118 Å². The number of aromatic amines is 1. The summed E-state index contributed by atoms with van der Waals surface area (Å²) < 4.78 is 51.4. The molecule has 1 aromatic heterocycles. The number of hydrogen-bond donors (Lipinski definition) is 2. The quantitative estimate of drug-likeness (QED) is 0.264. The van der Waals surface area contributed by atoms with Crippen LogP contribution in [0.2, 0.25) is 0 Å². The van der Waals surface area contributed by atoms with Gasteiger partial charge >= 0.3 is 11.0 Å². The number of aromatic nitrogens is 1. The Balaban J connectivity index is 1.32. The zero-order valence-corrected chi connectivity index (χ0v) is 24.3. The van der Waals surface area contributed by atoms with Gasteiger partial charge in [0.25, 0.3) is 5.91 Å². The average Bonchev–Trinajstić information content (AvgIpc) is 3.50. The largest absolute Gasteiger partial charge is 0.497 e. The van der Waals surface area contributed by atoms with E-state index in [-0.39, 0.29) is 16.3 Å². The smallest absolute Gasteiger partial charge is 0.416 e. The Kier molecular flexibility index (Phi) is 7.72. The number of ether oxygens (including phenoxy) is 2. The van der Waals surface area contributed by atoms with E-state index in [4.69, 9.17) is 9.47 Å². The van der Waals surface area contributed by atoms with Gasteiger partial charge in [0.2, 0.25) is 11.8 Å². The van der Waals surface area contributed by atoms with E-state index in [1.807, 2.05) is 0 Å². The van der Waals surface area contributed by atoms with E-state index in [0.717, 1.165) is 46.2 Å². The lowest BCUT2D eigenvalue weighted by Crippen LogP contribution is -2.32. The van der Waals surface area contributed by atoms with Crippen LogP contribution in [0.4, 0.5) is 24.5 Å². The lowest BCUT2D eigenvalue weighted by molar-refractivity contribution is -0.137. The van der Waals surface area contributed by atoms with Crippen molar-refractivity contribution >= 4 is 52.2 Å². The second-order valence-corrected chi connectivity index (χ2v) is 12.1. The highest BCUT2D eigenvalue weighted by Crippen LogP contribution is 2.54. The van der Waals surface area contributed by atoms with E-state index in [9.17, 15) is 32.3 Å². The predicted molar refractivity (Wildman–Crippen MR) is 157 cm³/mol. The van der Waals surface area contributed by atoms with Gasteiger partial charge in [0.05, 0.1) is 29.3 Å². The molecule has 44 heavy (non-hydrogen) atoms. The molecule has 0 radical (unpaired) electrons. The summed E-state index contributed by atoms with van der Waals surface area (Å²) in [6.07, 6.45) is -4.68. The Labute approximate surface area is 256 Å². The molecule has 0 unspecified atom stereocenters. The maximum atomic E-state index is 14.0. The first-order valence-electron chi connectivity index (χ1n) is 13.2. The second-order valence-electron chi connectivity index (χ2n) is 9.91. The summed E-state index contributed by atoms with van der Waals surface area (Å²) in [5.74, 6) is -2.89. The van der Waals surface area contributed by atoms with Gasteiger partial charge in [0.15, 0.2) is 6.61 Å². The molecule has 14 heteroatoms. The van der Waals surface area contributed by atoms with E-state index in [1.54, 1.807) is 48.5 Å². The van der Waals surface area contributed by atoms with E-state index in [0.29, 0.717) is 26.9 Å². The minimum Gasteiger partial charge on any atom is -0.497 e. The lowest BCUT2D eigenvalue weighted by atomic mass is 9.82. The Morgan fingerprint density at radius 2 is 1.75 bits per heavy atom. The molecule has 1 saturated heterocycles. The van der Waals surface area contributed by atoms with Crippen LogP contribution in [-0.2, 0) is 20.6 Å². The molecular formula is C30H22F3N3O6S2. The van der Waals surface area contributed by atoms with Gasteiger partial charge in [-0.15, -0.1) is 0 Å². The normalized spacial score (nSPS) is 19.4. The molecular weight excluding hydrogens is 619 g/mol. The standard InChI is InChI=1S/C30H22F3N3O6S2/c1-41-18-11-9-16(10-12-18)34-21(37)14-42-20-8-3-2-7-19(20)22-23-25(43-26-24(22)44-29(40)35-26)28(39)36(27(23)38)17-6-4-5-15(13-17)30(31,32)33/h2-13,22-23,25H,14H2,1H3,(H,34,37)(H,35,40)/t22-,23-,25+/m0/s1. The SMILES string of the molecule is COc1ccc(NC(=O)COc2ccccc2[C@@H]2c3sc(=O)[nH]c3S[C@H]3C(=O)N(c4cccc(C(F)(F)F)c4)C(=O)[C@@H]23)cc1. The zero-order valence-electron chi connectivity index (χ0n) is 22.7. The molecule has 1 fully saturated rings. The predicted octanol–water partition coefficient (Wildman–Crippen LogP) is 5.28. The van der Waals surface area contributed by atoms with Gasteiger partial charge in [-0.1, -0.05) is 47.4 Å². The molecule has 9 nitrogen and oxygen atoms in total. The second kappa shape index (κ2) is 11.5. The molecule has 226 valence electrons. The lowest BCUT2D eigenvalue weighted by Gasteiger charge is -2.30. The third-order valence-electron chi connectivity index (χ3n) is 7.24. The summed E-state index contributed by atoms with van der Waals surface area (Å²) in [6, 6.07) is 17.4. The number of fused-ring (bicyclic) bond motifs is 2. The minimum absolute atomic E-state index is 0.194. The first-order valence-corrected chi connectivity index (χ1v) is 14.8. The summed E-state index contributed by atoms with van der Waals surface area (Å²) in [6.45, 7) is -0.391. The number of benzene rings is 3. The number of thioether (sulfide) groups is 1. The molecule has 6 rings (SSSR count). The summed E-state index contributed by atoms with van der Waals surface area (Å²) in [5, 5.41) is 2.09. The van der Waals surface area contributed by atoms with Gasteiger partial charge in [-0.25, -0.2) is 4.90 Å². The number of carbonyl (C=O) groups is 3. The molecule has 3 atom stereocenters. The van der Waals surface area contributed by atoms with Gasteiger partial charge in [-0.05, 0) is 48.5 Å². The van der Waals surface area contributed by atoms with Crippen LogP contribution in [0.1, 0.15) is 21.9 Å². The van der Waals surface area contributed by atoms with Crippen LogP contribution in [0.5, 0.6) is 11.5 Å². The fraction of sp³-hybridized carbons (Fsp3) is 0.200. The van der Waals surface area contributed by atoms with Crippen molar-refractivity contribution in [1.82, 2.24) is 4.98 Å². The van der Waals surface area contributed by atoms with Crippen LogP contribution in [-0.4, -0.2) is 41.7 Å². The number of nitrogens with zero attached hydrogens (tertiary/aromatic N) is 1. The van der Waals surface area contributed by atoms with Gasteiger partial charge in [-0.3, -0.25) is 19.2 Å². The highest BCUT2D eigenvalue weighted by molar-refractivity contribution is 8.00. The summed E-state index contributed by atoms with van der Waals surface area (Å²) in [4.78, 5) is 56.3. The van der Waals surface area contributed by atoms with E-state index < -0.39 is 53.2 Å². The summed E-state index contributed by atoms with van der Waals surface area (Å²) in [7, 11) is 1.53. The molecule has 4 aromatic rings.